The number of hydrogen-bond donors (Lipinski definition) is 2. The topological polar surface area (TPSA) is 102 Å². The van der Waals surface area contributed by atoms with Gasteiger partial charge in [-0.1, -0.05) is 16.4 Å². The van der Waals surface area contributed by atoms with E-state index < -0.39 is 19.2 Å². The number of aliphatic carboxylic acids is 1. The van der Waals surface area contributed by atoms with Gasteiger partial charge in [-0.25, -0.2) is 0 Å². The van der Waals surface area contributed by atoms with Crippen molar-refractivity contribution >= 4 is 29.9 Å². The van der Waals surface area contributed by atoms with E-state index >= 15 is 0 Å². The summed E-state index contributed by atoms with van der Waals surface area (Å²) < 4.78 is 10.9. The van der Waals surface area contributed by atoms with Crippen LogP contribution in [0.2, 0.25) is 0 Å². The van der Waals surface area contributed by atoms with Gasteiger partial charge in [-0.2, -0.15) is 0 Å². The van der Waals surface area contributed by atoms with E-state index in [0.717, 1.165) is 5.56 Å². The zero-order valence-electron chi connectivity index (χ0n) is 11.0. The van der Waals surface area contributed by atoms with E-state index in [0.29, 0.717) is 22.0 Å². The van der Waals surface area contributed by atoms with Crippen molar-refractivity contribution in [1.29, 1.82) is 0 Å². The van der Waals surface area contributed by atoms with Gasteiger partial charge in [-0.15, -0.1) is 5.10 Å². The van der Waals surface area contributed by atoms with Crippen molar-refractivity contribution in [3.05, 3.63) is 28.8 Å². The number of ether oxygens (including phenoxy) is 1. The number of aryl methyl sites for hydroxylation is 1. The minimum atomic E-state index is -1.15. The molecule has 0 saturated carbocycles. The van der Waals surface area contributed by atoms with Gasteiger partial charge in [-0.05, 0) is 35.6 Å². The first-order chi connectivity index (χ1) is 10.0. The van der Waals surface area contributed by atoms with Crippen LogP contribution in [0.1, 0.15) is 23.7 Å². The van der Waals surface area contributed by atoms with Crippen LogP contribution >= 0.6 is 11.3 Å². The lowest BCUT2D eigenvalue weighted by atomic mass is 9.77. The second kappa shape index (κ2) is 5.43. The summed E-state index contributed by atoms with van der Waals surface area (Å²) in [6, 6.07) is 3.40. The van der Waals surface area contributed by atoms with Gasteiger partial charge in [0.25, 0.3) is 5.19 Å². The third kappa shape index (κ3) is 2.75. The largest absolute Gasteiger partial charge is 0.492 e. The van der Waals surface area contributed by atoms with Gasteiger partial charge in [0.05, 0.1) is 12.5 Å². The molecule has 0 aliphatic carbocycles. The molecule has 2 heterocycles. The average molecular weight is 306 g/mol. The Bertz CT molecular complexity index is 679. The van der Waals surface area contributed by atoms with Crippen LogP contribution in [0.3, 0.4) is 0 Å². The van der Waals surface area contributed by atoms with E-state index in [1.54, 1.807) is 17.6 Å². The molecule has 0 saturated heterocycles. The molecular weight excluding hydrogens is 295 g/mol. The first-order valence-electron chi connectivity index (χ1n) is 6.18. The molecule has 1 aromatic heterocycles. The van der Waals surface area contributed by atoms with Gasteiger partial charge >= 0.3 is 13.1 Å². The molecule has 0 bridgehead atoms. The van der Waals surface area contributed by atoms with E-state index in [1.165, 1.54) is 11.3 Å². The zero-order valence-corrected chi connectivity index (χ0v) is 11.8. The van der Waals surface area contributed by atoms with Crippen molar-refractivity contribution in [1.82, 2.24) is 10.2 Å². The maximum atomic E-state index is 10.9. The molecule has 0 radical (unpaired) electrons. The highest BCUT2D eigenvalue weighted by Gasteiger charge is 2.37. The summed E-state index contributed by atoms with van der Waals surface area (Å²) >= 11 is 1.25. The molecule has 1 aliphatic heterocycles. The van der Waals surface area contributed by atoms with Crippen LogP contribution in [-0.2, 0) is 9.45 Å². The second-order valence-electron chi connectivity index (χ2n) is 4.62. The van der Waals surface area contributed by atoms with E-state index in [4.69, 9.17) is 14.5 Å². The van der Waals surface area contributed by atoms with E-state index in [2.05, 4.69) is 10.2 Å². The van der Waals surface area contributed by atoms with Crippen LogP contribution < -0.4 is 10.2 Å². The van der Waals surface area contributed by atoms with Crippen LogP contribution in [0, 0.1) is 6.92 Å². The predicted molar refractivity (Wildman–Crippen MR) is 74.8 cm³/mol. The van der Waals surface area contributed by atoms with Gasteiger partial charge in [0, 0.05) is 0 Å². The maximum absolute atomic E-state index is 10.9. The highest BCUT2D eigenvalue weighted by molar-refractivity contribution is 7.11. The summed E-state index contributed by atoms with van der Waals surface area (Å²) in [7, 11) is -1.15. The maximum Gasteiger partial charge on any atom is 0.492 e. The molecule has 21 heavy (non-hydrogen) atoms. The Balaban J connectivity index is 1.94. The standard InChI is InChI=1S/C12H11BN2O5S/c1-6-2-7(19-12-15-14-5-21-12)3-8-11(6)9(4-10(16)17)20-13(8)18/h2-3,5,9,18H,4H2,1H3,(H,16,17)/t9-/m0/s1. The normalized spacial score (nSPS) is 16.9. The number of carboxylic acid groups (broad SMARTS) is 1. The predicted octanol–water partition coefficient (Wildman–Crippen LogP) is 0.872. The number of carboxylic acids is 1. The quantitative estimate of drug-likeness (QED) is 0.808. The highest BCUT2D eigenvalue weighted by Crippen LogP contribution is 2.33. The summed E-state index contributed by atoms with van der Waals surface area (Å²) in [5.41, 5.74) is 3.58. The molecule has 108 valence electrons. The van der Waals surface area contributed by atoms with Crippen LogP contribution in [0.15, 0.2) is 17.6 Å². The number of aromatic nitrogens is 2. The van der Waals surface area contributed by atoms with E-state index in [1.807, 2.05) is 6.92 Å². The fourth-order valence-electron chi connectivity index (χ4n) is 2.41. The third-order valence-corrected chi connectivity index (χ3v) is 3.75. The number of nitrogens with zero attached hydrogens (tertiary/aromatic N) is 2. The molecule has 7 nitrogen and oxygen atoms in total. The molecule has 0 amide bonds. The van der Waals surface area contributed by atoms with Crippen molar-refractivity contribution in [2.24, 2.45) is 0 Å². The Morgan fingerprint density at radius 1 is 1.57 bits per heavy atom. The Morgan fingerprint density at radius 2 is 2.38 bits per heavy atom. The minimum absolute atomic E-state index is 0.193. The first kappa shape index (κ1) is 14.0. The summed E-state index contributed by atoms with van der Waals surface area (Å²) in [5.74, 6) is -0.477. The van der Waals surface area contributed by atoms with Crippen molar-refractivity contribution in [2.75, 3.05) is 0 Å². The molecule has 1 atom stereocenters. The van der Waals surface area contributed by atoms with Gasteiger partial charge in [0.2, 0.25) is 0 Å². The second-order valence-corrected chi connectivity index (χ2v) is 5.42. The summed E-state index contributed by atoms with van der Waals surface area (Å²) in [6.07, 6.45) is -0.843. The lowest BCUT2D eigenvalue weighted by Crippen LogP contribution is -2.28. The van der Waals surface area contributed by atoms with Gasteiger partial charge in [0.1, 0.15) is 11.3 Å². The van der Waals surface area contributed by atoms with Crippen LogP contribution in [0.4, 0.5) is 0 Å². The Kier molecular flexibility index (Phi) is 3.62. The fourth-order valence-corrected chi connectivity index (χ4v) is 2.83. The number of hydrogen-bond acceptors (Lipinski definition) is 7. The summed E-state index contributed by atoms with van der Waals surface area (Å²) in [5, 5.41) is 26.7. The molecular formula is C12H11BN2O5S. The zero-order chi connectivity index (χ0) is 15.0. The molecule has 0 unspecified atom stereocenters. The molecule has 2 N–H and O–H groups in total. The van der Waals surface area contributed by atoms with E-state index in [9.17, 15) is 9.82 Å². The first-order valence-corrected chi connectivity index (χ1v) is 7.06. The van der Waals surface area contributed by atoms with Crippen molar-refractivity contribution in [3.8, 4) is 10.9 Å². The Labute approximate surface area is 124 Å². The smallest absolute Gasteiger partial charge is 0.481 e. The SMILES string of the molecule is Cc1cc(Oc2nncs2)cc2c1[C@H](CC(=O)O)OB2O. The minimum Gasteiger partial charge on any atom is -0.481 e. The molecule has 0 fully saturated rings. The Morgan fingerprint density at radius 3 is 3.05 bits per heavy atom. The van der Waals surface area contributed by atoms with Crippen molar-refractivity contribution < 1.29 is 24.3 Å². The molecule has 3 rings (SSSR count). The van der Waals surface area contributed by atoms with Crippen LogP contribution in [0.5, 0.6) is 10.9 Å². The van der Waals surface area contributed by atoms with Crippen LogP contribution in [0.25, 0.3) is 0 Å². The lowest BCUT2D eigenvalue weighted by molar-refractivity contribution is -0.138. The number of fused-ring (bicyclic) bond motifs is 1. The van der Waals surface area contributed by atoms with Crippen molar-refractivity contribution in [2.45, 2.75) is 19.4 Å². The molecule has 1 aromatic carbocycles. The van der Waals surface area contributed by atoms with Gasteiger partial charge in [-0.3, -0.25) is 4.79 Å². The fraction of sp³-hybridized carbons (Fsp3) is 0.250. The molecule has 0 spiro atoms. The van der Waals surface area contributed by atoms with Gasteiger partial charge < -0.3 is 19.5 Å². The lowest BCUT2D eigenvalue weighted by Gasteiger charge is -2.12. The van der Waals surface area contributed by atoms with Crippen molar-refractivity contribution in [3.63, 3.8) is 0 Å². The molecule has 1 aliphatic rings. The summed E-state index contributed by atoms with van der Waals surface area (Å²) in [6.45, 7) is 1.82. The summed E-state index contributed by atoms with van der Waals surface area (Å²) in [4.78, 5) is 10.9. The van der Waals surface area contributed by atoms with Crippen LogP contribution in [-0.4, -0.2) is 33.4 Å². The monoisotopic (exact) mass is 306 g/mol. The number of carbonyl (C=O) groups is 1. The average Bonchev–Trinajstić information content (AvgIpc) is 2.98. The third-order valence-electron chi connectivity index (χ3n) is 3.18. The highest BCUT2D eigenvalue weighted by atomic mass is 32.1. The molecule has 2 aromatic rings. The number of benzene rings is 1. The number of rotatable bonds is 4. The van der Waals surface area contributed by atoms with E-state index in [-0.39, 0.29) is 6.42 Å². The Hall–Kier alpha value is -1.97. The molecule has 9 heteroatoms. The van der Waals surface area contributed by atoms with Gasteiger partial charge in [0.15, 0.2) is 0 Å².